The molecule has 20 heavy (non-hydrogen) atoms. The van der Waals surface area contributed by atoms with Gasteiger partial charge in [-0.1, -0.05) is 0 Å². The highest BCUT2D eigenvalue weighted by Crippen LogP contribution is 2.19. The van der Waals surface area contributed by atoms with Crippen LogP contribution in [0.25, 0.3) is 0 Å². The number of carbonyl (C=O) groups excluding carboxylic acids is 2. The summed E-state index contributed by atoms with van der Waals surface area (Å²) in [5.41, 5.74) is 0.622. The highest BCUT2D eigenvalue weighted by molar-refractivity contribution is 6.06. The van der Waals surface area contributed by atoms with Crippen LogP contribution in [0.3, 0.4) is 0 Å². The van der Waals surface area contributed by atoms with Gasteiger partial charge in [-0.25, -0.2) is 4.39 Å². The standard InChI is InChI=1S/C14H17FN2O3/c1-20-8-2-7-17-13(18)9-12(14(17)19)16-11-5-3-10(15)4-6-11/h3-6,12,16H,2,7-9H2,1H3/t12-/m0/s1. The van der Waals surface area contributed by atoms with E-state index in [1.165, 1.54) is 17.0 Å². The normalized spacial score (nSPS) is 18.7. The average Bonchev–Trinajstić information content (AvgIpc) is 2.69. The van der Waals surface area contributed by atoms with Crippen molar-refractivity contribution in [2.24, 2.45) is 0 Å². The van der Waals surface area contributed by atoms with Crippen molar-refractivity contribution in [2.75, 3.05) is 25.6 Å². The molecule has 1 saturated heterocycles. The molecule has 1 N–H and O–H groups in total. The number of methoxy groups -OCH3 is 1. The monoisotopic (exact) mass is 280 g/mol. The molecule has 1 atom stereocenters. The number of likely N-dealkylation sites (tertiary alicyclic amines) is 1. The van der Waals surface area contributed by atoms with Crippen molar-refractivity contribution in [3.8, 4) is 0 Å². The van der Waals surface area contributed by atoms with E-state index < -0.39 is 6.04 Å². The third kappa shape index (κ3) is 3.33. The number of amides is 2. The molecule has 0 bridgehead atoms. The second-order valence-corrected chi connectivity index (χ2v) is 4.64. The van der Waals surface area contributed by atoms with Crippen molar-refractivity contribution in [1.29, 1.82) is 0 Å². The minimum Gasteiger partial charge on any atom is -0.385 e. The number of imide groups is 1. The third-order valence-electron chi connectivity index (χ3n) is 3.16. The van der Waals surface area contributed by atoms with Crippen molar-refractivity contribution < 1.29 is 18.7 Å². The number of anilines is 1. The summed E-state index contributed by atoms with van der Waals surface area (Å²) in [6, 6.07) is 5.12. The smallest absolute Gasteiger partial charge is 0.252 e. The Morgan fingerprint density at radius 3 is 2.70 bits per heavy atom. The number of hydrogen-bond acceptors (Lipinski definition) is 4. The molecule has 0 unspecified atom stereocenters. The Hall–Kier alpha value is -1.95. The van der Waals surface area contributed by atoms with Gasteiger partial charge in [0.2, 0.25) is 5.91 Å². The van der Waals surface area contributed by atoms with Crippen LogP contribution in [-0.4, -0.2) is 43.0 Å². The lowest BCUT2D eigenvalue weighted by Crippen LogP contribution is -2.35. The number of benzene rings is 1. The summed E-state index contributed by atoms with van der Waals surface area (Å²) < 4.78 is 17.7. The number of carbonyl (C=O) groups is 2. The molecule has 1 aromatic rings. The average molecular weight is 280 g/mol. The maximum Gasteiger partial charge on any atom is 0.252 e. The largest absolute Gasteiger partial charge is 0.385 e. The summed E-state index contributed by atoms with van der Waals surface area (Å²) in [6.07, 6.45) is 0.750. The van der Waals surface area contributed by atoms with Crippen LogP contribution < -0.4 is 5.32 Å². The first kappa shape index (κ1) is 14.5. The lowest BCUT2D eigenvalue weighted by atomic mass is 10.2. The summed E-state index contributed by atoms with van der Waals surface area (Å²) in [4.78, 5) is 25.2. The van der Waals surface area contributed by atoms with Gasteiger partial charge in [0, 0.05) is 25.9 Å². The highest BCUT2D eigenvalue weighted by Gasteiger charge is 2.37. The van der Waals surface area contributed by atoms with Gasteiger partial charge in [-0.3, -0.25) is 14.5 Å². The lowest BCUT2D eigenvalue weighted by molar-refractivity contribution is -0.138. The molecule has 1 aliphatic rings. The summed E-state index contributed by atoms with van der Waals surface area (Å²) in [7, 11) is 1.58. The molecule has 1 aliphatic heterocycles. The summed E-state index contributed by atoms with van der Waals surface area (Å²) in [5, 5.41) is 2.96. The Bertz CT molecular complexity index is 490. The number of ether oxygens (including phenoxy) is 1. The SMILES string of the molecule is COCCCN1C(=O)C[C@H](Nc2ccc(F)cc2)C1=O. The molecule has 108 valence electrons. The zero-order valence-corrected chi connectivity index (χ0v) is 11.3. The van der Waals surface area contributed by atoms with Crippen LogP contribution in [0.5, 0.6) is 0 Å². The number of nitrogens with one attached hydrogen (secondary N) is 1. The van der Waals surface area contributed by atoms with E-state index in [9.17, 15) is 14.0 Å². The molecule has 0 aromatic heterocycles. The number of halogens is 1. The Morgan fingerprint density at radius 2 is 2.05 bits per heavy atom. The minimum atomic E-state index is -0.574. The van der Waals surface area contributed by atoms with E-state index in [2.05, 4.69) is 5.32 Å². The van der Waals surface area contributed by atoms with Crippen molar-refractivity contribution in [3.63, 3.8) is 0 Å². The van der Waals surface area contributed by atoms with E-state index >= 15 is 0 Å². The molecule has 1 heterocycles. The van der Waals surface area contributed by atoms with Gasteiger partial charge in [0.25, 0.3) is 5.91 Å². The van der Waals surface area contributed by atoms with E-state index in [4.69, 9.17) is 4.74 Å². The van der Waals surface area contributed by atoms with Gasteiger partial charge in [0.15, 0.2) is 0 Å². The molecule has 5 nitrogen and oxygen atoms in total. The number of nitrogens with zero attached hydrogens (tertiary/aromatic N) is 1. The van der Waals surface area contributed by atoms with Gasteiger partial charge in [0.05, 0.1) is 6.42 Å². The van der Waals surface area contributed by atoms with Gasteiger partial charge in [0.1, 0.15) is 11.9 Å². The Labute approximate surface area is 116 Å². The van der Waals surface area contributed by atoms with Gasteiger partial charge in [-0.15, -0.1) is 0 Å². The lowest BCUT2D eigenvalue weighted by Gasteiger charge is -2.15. The first-order chi connectivity index (χ1) is 9.61. The summed E-state index contributed by atoms with van der Waals surface area (Å²) in [6.45, 7) is 0.875. The third-order valence-corrected chi connectivity index (χ3v) is 3.16. The van der Waals surface area contributed by atoms with Gasteiger partial charge in [-0.2, -0.15) is 0 Å². The van der Waals surface area contributed by atoms with Crippen LogP contribution in [0.4, 0.5) is 10.1 Å². The fraction of sp³-hybridized carbons (Fsp3) is 0.429. The van der Waals surface area contributed by atoms with Crippen molar-refractivity contribution in [3.05, 3.63) is 30.1 Å². The van der Waals surface area contributed by atoms with Crippen molar-refractivity contribution in [1.82, 2.24) is 4.90 Å². The van der Waals surface area contributed by atoms with Crippen LogP contribution in [0.2, 0.25) is 0 Å². The van der Waals surface area contributed by atoms with E-state index in [1.807, 2.05) is 0 Å². The fourth-order valence-corrected chi connectivity index (χ4v) is 2.15. The van der Waals surface area contributed by atoms with Crippen LogP contribution in [0.1, 0.15) is 12.8 Å². The molecule has 6 heteroatoms. The van der Waals surface area contributed by atoms with Gasteiger partial charge >= 0.3 is 0 Å². The van der Waals surface area contributed by atoms with E-state index in [0.717, 1.165) is 0 Å². The van der Waals surface area contributed by atoms with Crippen LogP contribution in [-0.2, 0) is 14.3 Å². The first-order valence-electron chi connectivity index (χ1n) is 6.47. The molecule has 2 rings (SSSR count). The zero-order valence-electron chi connectivity index (χ0n) is 11.3. The highest BCUT2D eigenvalue weighted by atomic mass is 19.1. The van der Waals surface area contributed by atoms with E-state index in [0.29, 0.717) is 25.3 Å². The maximum atomic E-state index is 12.8. The molecule has 1 aromatic carbocycles. The fourth-order valence-electron chi connectivity index (χ4n) is 2.15. The minimum absolute atomic E-state index is 0.128. The first-order valence-corrected chi connectivity index (χ1v) is 6.47. The van der Waals surface area contributed by atoms with Crippen LogP contribution >= 0.6 is 0 Å². The Balaban J connectivity index is 1.95. The molecule has 0 saturated carbocycles. The van der Waals surface area contributed by atoms with E-state index in [1.54, 1.807) is 19.2 Å². The van der Waals surface area contributed by atoms with Crippen LogP contribution in [0, 0.1) is 5.82 Å². The molecule has 0 radical (unpaired) electrons. The molecule has 2 amide bonds. The second-order valence-electron chi connectivity index (χ2n) is 4.64. The molecular weight excluding hydrogens is 263 g/mol. The maximum absolute atomic E-state index is 12.8. The van der Waals surface area contributed by atoms with Crippen LogP contribution in [0.15, 0.2) is 24.3 Å². The summed E-state index contributed by atoms with van der Waals surface area (Å²) >= 11 is 0. The summed E-state index contributed by atoms with van der Waals surface area (Å²) in [5.74, 6) is -0.772. The van der Waals surface area contributed by atoms with E-state index in [-0.39, 0.29) is 24.1 Å². The molecule has 0 spiro atoms. The molecular formula is C14H17FN2O3. The quantitative estimate of drug-likeness (QED) is 0.632. The zero-order chi connectivity index (χ0) is 14.5. The number of hydrogen-bond donors (Lipinski definition) is 1. The Morgan fingerprint density at radius 1 is 1.35 bits per heavy atom. The van der Waals surface area contributed by atoms with Gasteiger partial charge < -0.3 is 10.1 Å². The second kappa shape index (κ2) is 6.47. The number of rotatable bonds is 6. The van der Waals surface area contributed by atoms with Crippen molar-refractivity contribution >= 4 is 17.5 Å². The predicted molar refractivity (Wildman–Crippen MR) is 71.6 cm³/mol. The molecule has 1 fully saturated rings. The van der Waals surface area contributed by atoms with Gasteiger partial charge in [-0.05, 0) is 30.7 Å². The molecule has 0 aliphatic carbocycles. The Kier molecular flexibility index (Phi) is 4.68. The predicted octanol–water partition coefficient (Wildman–Crippen LogP) is 1.40. The van der Waals surface area contributed by atoms with Crippen molar-refractivity contribution in [2.45, 2.75) is 18.9 Å². The topological polar surface area (TPSA) is 58.6 Å².